The standard InChI is InChI=1S/C22H24ClN5O4S/c1-15-24-21(26-28(15)18-9-6-16(23)7-10-18)22(29)25-17-8-11-19(32-2)20(14-17)33(30,31)27-12-4-3-5-13-27/h6-11,14H,3-5,12-13H2,1-2H3,(H,25,29). The first kappa shape index (κ1) is 23.2. The van der Waals surface area contributed by atoms with Crippen LogP contribution in [0.15, 0.2) is 47.4 Å². The Balaban J connectivity index is 1.59. The Labute approximate surface area is 197 Å². The number of halogens is 1. The number of nitrogens with one attached hydrogen (secondary N) is 1. The van der Waals surface area contributed by atoms with Crippen LogP contribution in [0.2, 0.25) is 5.02 Å². The first-order chi connectivity index (χ1) is 15.8. The van der Waals surface area contributed by atoms with Crippen molar-refractivity contribution in [3.05, 3.63) is 59.1 Å². The van der Waals surface area contributed by atoms with E-state index in [4.69, 9.17) is 16.3 Å². The second-order valence-corrected chi connectivity index (χ2v) is 10.00. The minimum atomic E-state index is -3.76. The van der Waals surface area contributed by atoms with Crippen molar-refractivity contribution in [1.82, 2.24) is 19.1 Å². The smallest absolute Gasteiger partial charge is 0.295 e. The molecule has 0 atom stereocenters. The summed E-state index contributed by atoms with van der Waals surface area (Å²) < 4.78 is 34.7. The highest BCUT2D eigenvalue weighted by Gasteiger charge is 2.29. The molecule has 174 valence electrons. The van der Waals surface area contributed by atoms with Crippen LogP contribution in [0.5, 0.6) is 5.75 Å². The summed E-state index contributed by atoms with van der Waals surface area (Å²) in [6.45, 7) is 2.66. The van der Waals surface area contributed by atoms with Gasteiger partial charge < -0.3 is 10.1 Å². The summed E-state index contributed by atoms with van der Waals surface area (Å²) in [4.78, 5) is 17.1. The van der Waals surface area contributed by atoms with E-state index in [0.29, 0.717) is 35.3 Å². The number of rotatable bonds is 6. The highest BCUT2D eigenvalue weighted by atomic mass is 35.5. The number of carbonyl (C=O) groups excluding carboxylic acids is 1. The first-order valence-corrected chi connectivity index (χ1v) is 12.3. The molecule has 33 heavy (non-hydrogen) atoms. The summed E-state index contributed by atoms with van der Waals surface area (Å²) in [6, 6.07) is 11.5. The van der Waals surface area contributed by atoms with Gasteiger partial charge >= 0.3 is 0 Å². The van der Waals surface area contributed by atoms with Crippen LogP contribution >= 0.6 is 11.6 Å². The summed E-state index contributed by atoms with van der Waals surface area (Å²) in [5.74, 6) is 0.140. The molecule has 1 aliphatic rings. The lowest BCUT2D eigenvalue weighted by atomic mass is 10.2. The molecule has 9 nitrogen and oxygen atoms in total. The van der Waals surface area contributed by atoms with Gasteiger partial charge in [-0.15, -0.1) is 5.10 Å². The predicted octanol–water partition coefficient (Wildman–Crippen LogP) is 3.66. The largest absolute Gasteiger partial charge is 0.495 e. The average molecular weight is 490 g/mol. The maximum Gasteiger partial charge on any atom is 0.295 e. The number of hydrogen-bond acceptors (Lipinski definition) is 6. The zero-order chi connectivity index (χ0) is 23.6. The van der Waals surface area contributed by atoms with Gasteiger partial charge in [0.2, 0.25) is 15.8 Å². The van der Waals surface area contributed by atoms with E-state index in [9.17, 15) is 13.2 Å². The van der Waals surface area contributed by atoms with Gasteiger partial charge in [-0.3, -0.25) is 4.79 Å². The topological polar surface area (TPSA) is 106 Å². The van der Waals surface area contributed by atoms with E-state index in [-0.39, 0.29) is 16.5 Å². The van der Waals surface area contributed by atoms with Gasteiger partial charge in [0.25, 0.3) is 5.91 Å². The summed E-state index contributed by atoms with van der Waals surface area (Å²) >= 11 is 5.94. The number of ether oxygens (including phenoxy) is 1. The van der Waals surface area contributed by atoms with Gasteiger partial charge in [-0.1, -0.05) is 18.0 Å². The quantitative estimate of drug-likeness (QED) is 0.566. The molecule has 1 fully saturated rings. The number of amides is 1. The highest BCUT2D eigenvalue weighted by molar-refractivity contribution is 7.89. The van der Waals surface area contributed by atoms with Crippen LogP contribution in [0, 0.1) is 6.92 Å². The molecule has 1 aliphatic heterocycles. The Hall–Kier alpha value is -2.95. The number of carbonyl (C=O) groups is 1. The molecule has 0 aliphatic carbocycles. The van der Waals surface area contributed by atoms with Crippen LogP contribution in [0.1, 0.15) is 35.7 Å². The molecule has 11 heteroatoms. The van der Waals surface area contributed by atoms with Gasteiger partial charge in [-0.25, -0.2) is 18.1 Å². The van der Waals surface area contributed by atoms with E-state index in [0.717, 1.165) is 19.3 Å². The van der Waals surface area contributed by atoms with Gasteiger partial charge in [-0.2, -0.15) is 4.31 Å². The Morgan fingerprint density at radius 2 is 1.79 bits per heavy atom. The fourth-order valence-electron chi connectivity index (χ4n) is 3.70. The third kappa shape index (κ3) is 4.87. The third-order valence-electron chi connectivity index (χ3n) is 5.40. The van der Waals surface area contributed by atoms with E-state index in [1.807, 2.05) is 0 Å². The van der Waals surface area contributed by atoms with Crippen molar-refractivity contribution in [2.75, 3.05) is 25.5 Å². The molecule has 0 bridgehead atoms. The zero-order valence-corrected chi connectivity index (χ0v) is 19.9. The van der Waals surface area contributed by atoms with Crippen molar-refractivity contribution in [2.24, 2.45) is 0 Å². The molecule has 0 unspecified atom stereocenters. The van der Waals surface area contributed by atoms with Crippen LogP contribution in [-0.4, -0.2) is 53.6 Å². The summed E-state index contributed by atoms with van der Waals surface area (Å²) in [5.41, 5.74) is 1.01. The number of aryl methyl sites for hydroxylation is 1. The molecule has 4 rings (SSSR count). The first-order valence-electron chi connectivity index (χ1n) is 10.5. The summed E-state index contributed by atoms with van der Waals surface area (Å²) in [7, 11) is -2.34. The fraction of sp³-hybridized carbons (Fsp3) is 0.318. The zero-order valence-electron chi connectivity index (χ0n) is 18.3. The number of nitrogens with zero attached hydrogens (tertiary/aromatic N) is 4. The molecule has 1 saturated heterocycles. The Morgan fingerprint density at radius 3 is 2.45 bits per heavy atom. The monoisotopic (exact) mass is 489 g/mol. The lowest BCUT2D eigenvalue weighted by molar-refractivity contribution is 0.101. The van der Waals surface area contributed by atoms with Crippen LogP contribution in [0.3, 0.4) is 0 Å². The van der Waals surface area contributed by atoms with Crippen molar-refractivity contribution < 1.29 is 17.9 Å². The number of anilines is 1. The second-order valence-electron chi connectivity index (χ2n) is 7.66. The molecular formula is C22H24ClN5O4S. The molecule has 0 spiro atoms. The third-order valence-corrected chi connectivity index (χ3v) is 7.57. The molecule has 0 radical (unpaired) electrons. The average Bonchev–Trinajstić information content (AvgIpc) is 3.22. The van der Waals surface area contributed by atoms with Gasteiger partial charge in [0.1, 0.15) is 16.5 Å². The van der Waals surface area contributed by atoms with Gasteiger partial charge in [0.05, 0.1) is 12.8 Å². The van der Waals surface area contributed by atoms with Gasteiger partial charge in [0.15, 0.2) is 0 Å². The van der Waals surface area contributed by atoms with E-state index in [1.165, 1.54) is 28.2 Å². The van der Waals surface area contributed by atoms with Crippen molar-refractivity contribution in [2.45, 2.75) is 31.1 Å². The molecule has 2 heterocycles. The van der Waals surface area contributed by atoms with Gasteiger partial charge in [0, 0.05) is 23.8 Å². The van der Waals surface area contributed by atoms with Crippen molar-refractivity contribution in [3.8, 4) is 11.4 Å². The predicted molar refractivity (Wildman–Crippen MR) is 125 cm³/mol. The summed E-state index contributed by atoms with van der Waals surface area (Å²) in [5, 5.41) is 7.56. The van der Waals surface area contributed by atoms with Crippen LogP contribution in [-0.2, 0) is 10.0 Å². The number of hydrogen-bond donors (Lipinski definition) is 1. The molecule has 1 aromatic heterocycles. The molecule has 0 saturated carbocycles. The maximum atomic E-state index is 13.2. The molecule has 3 aromatic rings. The van der Waals surface area contributed by atoms with Crippen LogP contribution in [0.4, 0.5) is 5.69 Å². The van der Waals surface area contributed by atoms with Crippen LogP contribution in [0.25, 0.3) is 5.69 Å². The van der Waals surface area contributed by atoms with Crippen molar-refractivity contribution >= 4 is 33.2 Å². The SMILES string of the molecule is COc1ccc(NC(=O)c2nc(C)n(-c3ccc(Cl)cc3)n2)cc1S(=O)(=O)N1CCCCC1. The van der Waals surface area contributed by atoms with E-state index >= 15 is 0 Å². The second kappa shape index (κ2) is 9.50. The Bertz CT molecular complexity index is 1270. The Kier molecular flexibility index (Phi) is 6.68. The minimum absolute atomic E-state index is 0.0144. The normalized spacial score (nSPS) is 14.8. The number of methoxy groups -OCH3 is 1. The van der Waals surface area contributed by atoms with Crippen molar-refractivity contribution in [3.63, 3.8) is 0 Å². The summed E-state index contributed by atoms with van der Waals surface area (Å²) in [6.07, 6.45) is 2.65. The lowest BCUT2D eigenvalue weighted by Crippen LogP contribution is -2.35. The number of piperidine rings is 1. The number of aromatic nitrogens is 3. The van der Waals surface area contributed by atoms with Gasteiger partial charge in [-0.05, 0) is 62.2 Å². The number of benzene rings is 2. The Morgan fingerprint density at radius 1 is 1.09 bits per heavy atom. The molecule has 1 amide bonds. The number of sulfonamides is 1. The maximum absolute atomic E-state index is 13.2. The van der Waals surface area contributed by atoms with Crippen molar-refractivity contribution in [1.29, 1.82) is 0 Å². The van der Waals surface area contributed by atoms with Crippen LogP contribution < -0.4 is 10.1 Å². The minimum Gasteiger partial charge on any atom is -0.495 e. The van der Waals surface area contributed by atoms with E-state index < -0.39 is 15.9 Å². The molecule has 2 aromatic carbocycles. The molecular weight excluding hydrogens is 466 g/mol. The fourth-order valence-corrected chi connectivity index (χ4v) is 5.53. The van der Waals surface area contributed by atoms with E-state index in [1.54, 1.807) is 37.3 Å². The lowest BCUT2D eigenvalue weighted by Gasteiger charge is -2.26. The van der Waals surface area contributed by atoms with E-state index in [2.05, 4.69) is 15.4 Å². The molecule has 1 N–H and O–H groups in total. The highest BCUT2D eigenvalue weighted by Crippen LogP contribution is 2.31.